The van der Waals surface area contributed by atoms with Gasteiger partial charge in [-0.05, 0) is 0 Å². The maximum atomic E-state index is 0. The normalized spacial score (nSPS) is 0. The molecule has 0 aliphatic rings. The minimum absolute atomic E-state index is 0. The third kappa shape index (κ3) is 18.4. The fourth-order valence-corrected chi connectivity index (χ4v) is 0. The van der Waals surface area contributed by atoms with Gasteiger partial charge in [0, 0.05) is 21.1 Å². The molecule has 0 spiro atoms. The largest absolute Gasteiger partial charge is 1.00 e. The van der Waals surface area contributed by atoms with Gasteiger partial charge in [-0.25, -0.2) is 0 Å². The Balaban J connectivity index is 0. The maximum Gasteiger partial charge on any atom is 0 e. The molecule has 38 valence electrons. The first-order chi connectivity index (χ1) is 0. The van der Waals surface area contributed by atoms with Crippen molar-refractivity contribution < 1.29 is 117 Å². The standard InChI is InChI=1S/4HI.W/h4*1H;/p-4. The topological polar surface area (TPSA) is 0 Å². The van der Waals surface area contributed by atoms with Crippen molar-refractivity contribution in [1.82, 2.24) is 0 Å². The molecular formula is I4W-4. The Labute approximate surface area is 114 Å². The van der Waals surface area contributed by atoms with Crippen LogP contribution in [0.2, 0.25) is 0 Å². The summed E-state index contributed by atoms with van der Waals surface area (Å²) in [7, 11) is 0. The molecule has 0 N–H and O–H groups in total. The average molecular weight is 691 g/mol. The third-order valence-electron chi connectivity index (χ3n) is 0. The Morgan fingerprint density at radius 2 is 0.400 bits per heavy atom. The Morgan fingerprint density at radius 3 is 0.400 bits per heavy atom. The van der Waals surface area contributed by atoms with Crippen molar-refractivity contribution in [2.24, 2.45) is 0 Å². The van der Waals surface area contributed by atoms with Crippen LogP contribution in [-0.2, 0) is 21.1 Å². The van der Waals surface area contributed by atoms with Gasteiger partial charge in [0.05, 0.1) is 0 Å². The molecule has 0 radical (unpaired) electrons. The van der Waals surface area contributed by atoms with Crippen molar-refractivity contribution in [3.63, 3.8) is 0 Å². The molecule has 0 aromatic rings. The minimum Gasteiger partial charge on any atom is -1.00 e. The van der Waals surface area contributed by atoms with Crippen molar-refractivity contribution in [2.45, 2.75) is 0 Å². The van der Waals surface area contributed by atoms with E-state index in [1.54, 1.807) is 0 Å². The first kappa shape index (κ1) is 38.3. The molecule has 0 nitrogen and oxygen atoms in total. The first-order valence-electron chi connectivity index (χ1n) is 0. The van der Waals surface area contributed by atoms with E-state index in [2.05, 4.69) is 0 Å². The second kappa shape index (κ2) is 25.5. The number of rotatable bonds is 0. The molecule has 0 aliphatic carbocycles. The van der Waals surface area contributed by atoms with Crippen LogP contribution in [0.3, 0.4) is 0 Å². The van der Waals surface area contributed by atoms with Gasteiger partial charge in [-0.2, -0.15) is 0 Å². The second-order valence-corrected chi connectivity index (χ2v) is 0. The summed E-state index contributed by atoms with van der Waals surface area (Å²) in [6.45, 7) is 0. The van der Waals surface area contributed by atoms with Gasteiger partial charge in [0.1, 0.15) is 0 Å². The molecule has 0 fully saturated rings. The molecule has 5 heavy (non-hydrogen) atoms. The quantitative estimate of drug-likeness (QED) is 0.222. The van der Waals surface area contributed by atoms with Gasteiger partial charge in [0.15, 0.2) is 0 Å². The van der Waals surface area contributed by atoms with Crippen LogP contribution >= 0.6 is 0 Å². The molecule has 0 amide bonds. The van der Waals surface area contributed by atoms with Crippen molar-refractivity contribution in [3.8, 4) is 0 Å². The van der Waals surface area contributed by atoms with Crippen LogP contribution in [0, 0.1) is 0 Å². The van der Waals surface area contributed by atoms with E-state index < -0.39 is 0 Å². The first-order valence-corrected chi connectivity index (χ1v) is 0. The molecule has 0 unspecified atom stereocenters. The van der Waals surface area contributed by atoms with E-state index >= 15 is 0 Å². The van der Waals surface area contributed by atoms with Gasteiger partial charge in [-0.15, -0.1) is 0 Å². The Bertz CT molecular complexity index is 3.61. The molecule has 0 aromatic carbocycles. The summed E-state index contributed by atoms with van der Waals surface area (Å²) >= 11 is 0. The zero-order valence-corrected chi connectivity index (χ0v) is 13.5. The summed E-state index contributed by atoms with van der Waals surface area (Å²) in [5.74, 6) is 0. The van der Waals surface area contributed by atoms with Crippen molar-refractivity contribution >= 4 is 0 Å². The van der Waals surface area contributed by atoms with Crippen LogP contribution in [0.4, 0.5) is 0 Å². The van der Waals surface area contributed by atoms with Gasteiger partial charge in [0.25, 0.3) is 0 Å². The van der Waals surface area contributed by atoms with Crippen LogP contribution in [-0.4, -0.2) is 0 Å². The van der Waals surface area contributed by atoms with E-state index in [9.17, 15) is 0 Å². The zero-order valence-electron chi connectivity index (χ0n) is 1.92. The monoisotopic (exact) mass is 692 g/mol. The van der Waals surface area contributed by atoms with Gasteiger partial charge in [-0.3, -0.25) is 0 Å². The SMILES string of the molecule is [I-].[I-].[I-].[I-].[W]. The van der Waals surface area contributed by atoms with Crippen LogP contribution in [0.25, 0.3) is 0 Å². The summed E-state index contributed by atoms with van der Waals surface area (Å²) in [6.07, 6.45) is 0. The van der Waals surface area contributed by atoms with E-state index in [0.29, 0.717) is 0 Å². The summed E-state index contributed by atoms with van der Waals surface area (Å²) in [5, 5.41) is 0. The number of halogens is 4. The Kier molecular flexibility index (Phi) is 195. The van der Waals surface area contributed by atoms with Gasteiger partial charge >= 0.3 is 0 Å². The van der Waals surface area contributed by atoms with Crippen molar-refractivity contribution in [2.75, 3.05) is 0 Å². The fourth-order valence-electron chi connectivity index (χ4n) is 0. The Hall–Kier alpha value is 3.61. The predicted octanol–water partition coefficient (Wildman–Crippen LogP) is -12.0. The van der Waals surface area contributed by atoms with Crippen LogP contribution in [0.1, 0.15) is 0 Å². The molecule has 5 heteroatoms. The molecule has 0 aliphatic heterocycles. The van der Waals surface area contributed by atoms with Crippen LogP contribution in [0.15, 0.2) is 0 Å². The smallest absolute Gasteiger partial charge is 0 e. The molecule has 0 bridgehead atoms. The minimum atomic E-state index is 0. The number of hydrogen-bond donors (Lipinski definition) is 0. The van der Waals surface area contributed by atoms with E-state index in [0.717, 1.165) is 0 Å². The molecule has 0 rings (SSSR count). The molecular weight excluding hydrogens is 691 g/mol. The Morgan fingerprint density at radius 1 is 0.400 bits per heavy atom. The molecule has 0 saturated carbocycles. The predicted molar refractivity (Wildman–Crippen MR) is 0 cm³/mol. The second-order valence-electron chi connectivity index (χ2n) is 0. The summed E-state index contributed by atoms with van der Waals surface area (Å²) in [5.41, 5.74) is 0. The van der Waals surface area contributed by atoms with Gasteiger partial charge in [0.2, 0.25) is 0 Å². The molecule has 0 heterocycles. The molecule has 0 aromatic heterocycles. The van der Waals surface area contributed by atoms with E-state index in [4.69, 9.17) is 0 Å². The summed E-state index contributed by atoms with van der Waals surface area (Å²) in [4.78, 5) is 0. The van der Waals surface area contributed by atoms with Crippen LogP contribution in [0.5, 0.6) is 0 Å². The van der Waals surface area contributed by atoms with Gasteiger partial charge < -0.3 is 95.9 Å². The maximum absolute atomic E-state index is 0. The van der Waals surface area contributed by atoms with E-state index in [1.165, 1.54) is 0 Å². The zero-order chi connectivity index (χ0) is 0. The van der Waals surface area contributed by atoms with Gasteiger partial charge in [-0.1, -0.05) is 0 Å². The van der Waals surface area contributed by atoms with Crippen molar-refractivity contribution in [1.29, 1.82) is 0 Å². The fraction of sp³-hybridized carbons (Fsp3) is 0. The average Bonchev–Trinajstić information content (AvgIpc) is 0. The summed E-state index contributed by atoms with van der Waals surface area (Å²) < 4.78 is 0. The van der Waals surface area contributed by atoms with Crippen LogP contribution < -0.4 is 95.9 Å². The number of hydrogen-bond acceptors (Lipinski definition) is 0. The van der Waals surface area contributed by atoms with E-state index in [1.807, 2.05) is 0 Å². The van der Waals surface area contributed by atoms with Crippen molar-refractivity contribution in [3.05, 3.63) is 0 Å². The van der Waals surface area contributed by atoms with E-state index in [-0.39, 0.29) is 117 Å². The molecule has 0 atom stereocenters. The molecule has 0 saturated heterocycles. The third-order valence-corrected chi connectivity index (χ3v) is 0. The summed E-state index contributed by atoms with van der Waals surface area (Å²) in [6, 6.07) is 0.